The van der Waals surface area contributed by atoms with Crippen LogP contribution in [0.15, 0.2) is 48.5 Å². The van der Waals surface area contributed by atoms with Gasteiger partial charge < -0.3 is 14.7 Å². The average molecular weight is 381 g/mol. The van der Waals surface area contributed by atoms with Gasteiger partial charge in [0.25, 0.3) is 5.91 Å². The van der Waals surface area contributed by atoms with Crippen molar-refractivity contribution in [3.8, 4) is 11.1 Å². The second-order valence-corrected chi connectivity index (χ2v) is 8.12. The first-order valence-electron chi connectivity index (χ1n) is 9.65. The van der Waals surface area contributed by atoms with Gasteiger partial charge in [-0.1, -0.05) is 36.4 Å². The molecule has 0 unspecified atom stereocenters. The van der Waals surface area contributed by atoms with Crippen molar-refractivity contribution < 1.29 is 19.4 Å². The Labute approximate surface area is 165 Å². The standard InChI is InChI=1S/C23H27NO4/c1-23(2,3)28-16-12-14-24(15-13-16)21(25)19-10-6-4-8-17(19)18-9-5-7-11-20(18)22(26)27/h4-11,16H,12-15H2,1-3H3,(H,26,27). The zero-order valence-corrected chi connectivity index (χ0v) is 16.6. The van der Waals surface area contributed by atoms with Crippen LogP contribution in [0.5, 0.6) is 0 Å². The summed E-state index contributed by atoms with van der Waals surface area (Å²) in [6.45, 7) is 7.39. The van der Waals surface area contributed by atoms with Gasteiger partial charge in [-0.2, -0.15) is 0 Å². The van der Waals surface area contributed by atoms with Crippen LogP contribution in [0.3, 0.4) is 0 Å². The first kappa shape index (κ1) is 20.1. The van der Waals surface area contributed by atoms with Crippen molar-refractivity contribution in [2.24, 2.45) is 0 Å². The highest BCUT2D eigenvalue weighted by atomic mass is 16.5. The minimum Gasteiger partial charge on any atom is -0.478 e. The fourth-order valence-electron chi connectivity index (χ4n) is 3.66. The predicted octanol–water partition coefficient (Wildman–Crippen LogP) is 4.47. The van der Waals surface area contributed by atoms with E-state index in [4.69, 9.17) is 4.74 Å². The maximum Gasteiger partial charge on any atom is 0.336 e. The molecule has 0 bridgehead atoms. The lowest BCUT2D eigenvalue weighted by Crippen LogP contribution is -2.43. The molecule has 1 aliphatic rings. The van der Waals surface area contributed by atoms with Crippen molar-refractivity contribution in [2.45, 2.75) is 45.3 Å². The van der Waals surface area contributed by atoms with Crippen LogP contribution in [0.1, 0.15) is 54.3 Å². The van der Waals surface area contributed by atoms with E-state index in [1.54, 1.807) is 30.3 Å². The zero-order chi connectivity index (χ0) is 20.3. The van der Waals surface area contributed by atoms with Gasteiger partial charge in [0.2, 0.25) is 0 Å². The molecule has 1 N–H and O–H groups in total. The molecule has 1 amide bonds. The number of carboxylic acids is 1. The molecule has 0 atom stereocenters. The van der Waals surface area contributed by atoms with Gasteiger partial charge in [0.05, 0.1) is 17.3 Å². The van der Waals surface area contributed by atoms with Gasteiger partial charge >= 0.3 is 5.97 Å². The molecule has 1 fully saturated rings. The number of amides is 1. The molecule has 0 radical (unpaired) electrons. The number of aromatic carboxylic acids is 1. The van der Waals surface area contributed by atoms with Crippen LogP contribution >= 0.6 is 0 Å². The summed E-state index contributed by atoms with van der Waals surface area (Å²) < 4.78 is 6.04. The van der Waals surface area contributed by atoms with E-state index >= 15 is 0 Å². The molecule has 0 aromatic heterocycles. The second kappa shape index (κ2) is 8.15. The summed E-state index contributed by atoms with van der Waals surface area (Å²) in [5.41, 5.74) is 1.75. The van der Waals surface area contributed by atoms with Crippen LogP contribution in [-0.4, -0.2) is 46.7 Å². The Morgan fingerprint density at radius 1 is 0.929 bits per heavy atom. The zero-order valence-electron chi connectivity index (χ0n) is 16.6. The summed E-state index contributed by atoms with van der Waals surface area (Å²) in [6.07, 6.45) is 1.76. The number of piperidine rings is 1. The van der Waals surface area contributed by atoms with Gasteiger partial charge in [-0.05, 0) is 56.9 Å². The monoisotopic (exact) mass is 381 g/mol. The predicted molar refractivity (Wildman–Crippen MR) is 109 cm³/mol. The largest absolute Gasteiger partial charge is 0.478 e. The van der Waals surface area contributed by atoms with E-state index in [9.17, 15) is 14.7 Å². The lowest BCUT2D eigenvalue weighted by atomic mass is 9.94. The Morgan fingerprint density at radius 3 is 1.96 bits per heavy atom. The third-order valence-electron chi connectivity index (χ3n) is 4.85. The molecule has 28 heavy (non-hydrogen) atoms. The molecule has 0 spiro atoms. The highest BCUT2D eigenvalue weighted by Gasteiger charge is 2.28. The van der Waals surface area contributed by atoms with Crippen LogP contribution in [0, 0.1) is 0 Å². The average Bonchev–Trinajstić information content (AvgIpc) is 2.67. The molecular formula is C23H27NO4. The summed E-state index contributed by atoms with van der Waals surface area (Å²) in [6, 6.07) is 14.0. The Kier molecular flexibility index (Phi) is 5.84. The molecule has 148 valence electrons. The molecule has 1 saturated heterocycles. The lowest BCUT2D eigenvalue weighted by Gasteiger charge is -2.35. The van der Waals surface area contributed by atoms with E-state index in [0.717, 1.165) is 12.8 Å². The number of hydrogen-bond acceptors (Lipinski definition) is 3. The smallest absolute Gasteiger partial charge is 0.336 e. The third kappa shape index (κ3) is 4.60. The van der Waals surface area contributed by atoms with E-state index in [-0.39, 0.29) is 23.2 Å². The van der Waals surface area contributed by atoms with E-state index < -0.39 is 5.97 Å². The highest BCUT2D eigenvalue weighted by molar-refractivity contribution is 6.04. The van der Waals surface area contributed by atoms with Crippen molar-refractivity contribution in [1.82, 2.24) is 4.90 Å². The van der Waals surface area contributed by atoms with Gasteiger partial charge in [-0.25, -0.2) is 4.79 Å². The van der Waals surface area contributed by atoms with Gasteiger partial charge in [-0.3, -0.25) is 4.79 Å². The van der Waals surface area contributed by atoms with Gasteiger partial charge in [0.15, 0.2) is 0 Å². The van der Waals surface area contributed by atoms with Crippen LogP contribution in [0.2, 0.25) is 0 Å². The number of nitrogens with zero attached hydrogens (tertiary/aromatic N) is 1. The van der Waals surface area contributed by atoms with Crippen LogP contribution in [-0.2, 0) is 4.74 Å². The maximum absolute atomic E-state index is 13.2. The SMILES string of the molecule is CC(C)(C)OC1CCN(C(=O)c2ccccc2-c2ccccc2C(=O)O)CC1. The number of carboxylic acid groups (broad SMARTS) is 1. The molecule has 2 aromatic carbocycles. The molecule has 3 rings (SSSR count). The second-order valence-electron chi connectivity index (χ2n) is 8.12. The summed E-state index contributed by atoms with van der Waals surface area (Å²) >= 11 is 0. The normalized spacial score (nSPS) is 15.5. The molecule has 0 aliphatic carbocycles. The molecule has 5 nitrogen and oxygen atoms in total. The fraction of sp³-hybridized carbons (Fsp3) is 0.391. The van der Waals surface area contributed by atoms with Crippen LogP contribution in [0.4, 0.5) is 0 Å². The van der Waals surface area contributed by atoms with E-state index in [2.05, 4.69) is 0 Å². The van der Waals surface area contributed by atoms with Crippen LogP contribution < -0.4 is 0 Å². The molecule has 5 heteroatoms. The first-order chi connectivity index (χ1) is 13.3. The minimum atomic E-state index is -1.00. The third-order valence-corrected chi connectivity index (χ3v) is 4.85. The van der Waals surface area contributed by atoms with Gasteiger partial charge in [0.1, 0.15) is 0 Å². The number of ether oxygens (including phenoxy) is 1. The Bertz CT molecular complexity index is 861. The number of rotatable bonds is 4. The molecule has 2 aromatic rings. The van der Waals surface area contributed by atoms with Crippen LogP contribution in [0.25, 0.3) is 11.1 Å². The topological polar surface area (TPSA) is 66.8 Å². The Hall–Kier alpha value is -2.66. The Morgan fingerprint density at radius 2 is 1.43 bits per heavy atom. The first-order valence-corrected chi connectivity index (χ1v) is 9.65. The molecule has 1 heterocycles. The Balaban J connectivity index is 1.83. The van der Waals surface area contributed by atoms with Crippen molar-refractivity contribution in [3.05, 3.63) is 59.7 Å². The molecular weight excluding hydrogens is 354 g/mol. The van der Waals surface area contributed by atoms with Crippen molar-refractivity contribution in [3.63, 3.8) is 0 Å². The summed E-state index contributed by atoms with van der Waals surface area (Å²) in [5, 5.41) is 9.52. The quantitative estimate of drug-likeness (QED) is 0.848. The number of likely N-dealkylation sites (tertiary alicyclic amines) is 1. The van der Waals surface area contributed by atoms with Gasteiger partial charge in [0, 0.05) is 18.7 Å². The fourth-order valence-corrected chi connectivity index (χ4v) is 3.66. The number of benzene rings is 2. The summed E-state index contributed by atoms with van der Waals surface area (Å²) in [7, 11) is 0. The molecule has 1 aliphatic heterocycles. The van der Waals surface area contributed by atoms with E-state index in [1.165, 1.54) is 0 Å². The van der Waals surface area contributed by atoms with Gasteiger partial charge in [-0.15, -0.1) is 0 Å². The van der Waals surface area contributed by atoms with Crippen molar-refractivity contribution in [2.75, 3.05) is 13.1 Å². The molecule has 0 saturated carbocycles. The summed E-state index contributed by atoms with van der Waals surface area (Å²) in [5.74, 6) is -1.07. The van der Waals surface area contributed by atoms with Crippen molar-refractivity contribution >= 4 is 11.9 Å². The number of carbonyl (C=O) groups is 2. The minimum absolute atomic E-state index is 0.0648. The number of carbonyl (C=O) groups excluding carboxylic acids is 1. The van der Waals surface area contributed by atoms with E-state index in [0.29, 0.717) is 29.8 Å². The lowest BCUT2D eigenvalue weighted by molar-refractivity contribution is -0.0791. The van der Waals surface area contributed by atoms with E-state index in [1.807, 2.05) is 43.9 Å². The summed E-state index contributed by atoms with van der Waals surface area (Å²) in [4.78, 5) is 26.7. The van der Waals surface area contributed by atoms with Crippen molar-refractivity contribution in [1.29, 1.82) is 0 Å². The highest BCUT2D eigenvalue weighted by Crippen LogP contribution is 2.29. The maximum atomic E-state index is 13.2. The number of hydrogen-bond donors (Lipinski definition) is 1.